The van der Waals surface area contributed by atoms with Gasteiger partial charge in [0.1, 0.15) is 10.7 Å². The van der Waals surface area contributed by atoms with Gasteiger partial charge in [0.2, 0.25) is 5.13 Å². The Bertz CT molecular complexity index is 531. The second-order valence-electron chi connectivity index (χ2n) is 3.22. The molecule has 0 aliphatic carbocycles. The molecule has 0 radical (unpaired) electrons. The third-order valence-electron chi connectivity index (χ3n) is 1.87. The van der Waals surface area contributed by atoms with E-state index in [9.17, 15) is 4.79 Å². The number of nitrogens with one attached hydrogen (secondary N) is 1. The zero-order valence-electron chi connectivity index (χ0n) is 9.07. The molecule has 0 unspecified atom stereocenters. The largest absolute Gasteiger partial charge is 0.295 e. The first-order valence-electron chi connectivity index (χ1n) is 4.62. The van der Waals surface area contributed by atoms with Crippen LogP contribution in [0, 0.1) is 20.8 Å². The predicted octanol–water partition coefficient (Wildman–Crippen LogP) is 2.17. The topological polar surface area (TPSA) is 67.8 Å². The summed E-state index contributed by atoms with van der Waals surface area (Å²) in [6, 6.07) is 0. The molecule has 0 atom stereocenters. The molecular weight excluding hydrogens is 244 g/mol. The Hall–Kier alpha value is -1.34. The lowest BCUT2D eigenvalue weighted by Gasteiger charge is -1.97. The number of rotatable bonds is 2. The van der Waals surface area contributed by atoms with Crippen LogP contribution in [0.4, 0.5) is 5.13 Å². The van der Waals surface area contributed by atoms with Crippen LogP contribution in [0.3, 0.4) is 0 Å². The minimum atomic E-state index is -0.224. The van der Waals surface area contributed by atoms with Crippen molar-refractivity contribution in [1.82, 2.24) is 15.2 Å². The summed E-state index contributed by atoms with van der Waals surface area (Å²) in [6.07, 6.45) is 0. The number of carbonyl (C=O) groups excluding carboxylic acids is 1. The highest BCUT2D eigenvalue weighted by molar-refractivity contribution is 7.15. The van der Waals surface area contributed by atoms with Gasteiger partial charge in [-0.3, -0.25) is 10.1 Å². The van der Waals surface area contributed by atoms with Gasteiger partial charge >= 0.3 is 0 Å². The molecule has 2 rings (SSSR count). The zero-order chi connectivity index (χ0) is 11.7. The maximum absolute atomic E-state index is 11.8. The Labute approximate surface area is 101 Å². The Morgan fingerprint density at radius 1 is 1.12 bits per heavy atom. The van der Waals surface area contributed by atoms with Gasteiger partial charge in [-0.05, 0) is 20.8 Å². The molecule has 7 heteroatoms. The second kappa shape index (κ2) is 4.26. The number of aromatic nitrogens is 3. The lowest BCUT2D eigenvalue weighted by Crippen LogP contribution is -2.13. The molecule has 2 aromatic rings. The molecule has 16 heavy (non-hydrogen) atoms. The molecule has 2 aromatic heterocycles. The standard InChI is InChI=1S/C9H10N4OS2/c1-4-7(10-5(2)15-4)8(14)11-9-13-12-6(3)16-9/h1-3H3,(H,11,13,14). The first kappa shape index (κ1) is 11.2. The second-order valence-corrected chi connectivity index (χ2v) is 5.81. The predicted molar refractivity (Wildman–Crippen MR) is 64.2 cm³/mol. The maximum Gasteiger partial charge on any atom is 0.277 e. The van der Waals surface area contributed by atoms with Crippen LogP contribution in [-0.2, 0) is 0 Å². The number of nitrogens with zero attached hydrogens (tertiary/aromatic N) is 3. The monoisotopic (exact) mass is 254 g/mol. The van der Waals surface area contributed by atoms with Crippen LogP contribution in [0.1, 0.15) is 25.4 Å². The molecule has 1 amide bonds. The molecule has 0 spiro atoms. The molecule has 1 N–H and O–H groups in total. The van der Waals surface area contributed by atoms with Crippen LogP contribution in [-0.4, -0.2) is 21.1 Å². The first-order chi connectivity index (χ1) is 7.56. The van der Waals surface area contributed by atoms with Gasteiger partial charge in [0.15, 0.2) is 0 Å². The van der Waals surface area contributed by atoms with Crippen LogP contribution in [0.5, 0.6) is 0 Å². The van der Waals surface area contributed by atoms with E-state index in [1.807, 2.05) is 20.8 Å². The lowest BCUT2D eigenvalue weighted by molar-refractivity contribution is 0.102. The van der Waals surface area contributed by atoms with Gasteiger partial charge in [-0.2, -0.15) is 0 Å². The van der Waals surface area contributed by atoms with E-state index >= 15 is 0 Å². The summed E-state index contributed by atoms with van der Waals surface area (Å²) in [7, 11) is 0. The van der Waals surface area contributed by atoms with Gasteiger partial charge in [0.25, 0.3) is 5.91 Å². The van der Waals surface area contributed by atoms with E-state index in [-0.39, 0.29) is 5.91 Å². The van der Waals surface area contributed by atoms with Crippen LogP contribution in [0.15, 0.2) is 0 Å². The van der Waals surface area contributed by atoms with Crippen molar-refractivity contribution in [2.75, 3.05) is 5.32 Å². The fourth-order valence-electron chi connectivity index (χ4n) is 1.24. The Morgan fingerprint density at radius 2 is 1.88 bits per heavy atom. The Kier molecular flexibility index (Phi) is 2.97. The van der Waals surface area contributed by atoms with Gasteiger partial charge in [-0.1, -0.05) is 11.3 Å². The highest BCUT2D eigenvalue weighted by Gasteiger charge is 2.15. The summed E-state index contributed by atoms with van der Waals surface area (Å²) in [4.78, 5) is 16.9. The van der Waals surface area contributed by atoms with Crippen LogP contribution in [0.25, 0.3) is 0 Å². The van der Waals surface area contributed by atoms with Gasteiger partial charge in [-0.15, -0.1) is 21.5 Å². The molecule has 0 aromatic carbocycles. The molecule has 84 valence electrons. The maximum atomic E-state index is 11.8. The number of hydrogen-bond acceptors (Lipinski definition) is 6. The highest BCUT2D eigenvalue weighted by Crippen LogP contribution is 2.19. The molecule has 0 aliphatic heterocycles. The minimum absolute atomic E-state index is 0.224. The van der Waals surface area contributed by atoms with Crippen LogP contribution < -0.4 is 5.32 Å². The molecule has 0 aliphatic rings. The van der Waals surface area contributed by atoms with Gasteiger partial charge in [0.05, 0.1) is 5.01 Å². The lowest BCUT2D eigenvalue weighted by atomic mass is 10.3. The van der Waals surface area contributed by atoms with Crippen molar-refractivity contribution in [1.29, 1.82) is 0 Å². The number of thiazole rings is 1. The molecular formula is C9H10N4OS2. The molecule has 0 fully saturated rings. The van der Waals surface area contributed by atoms with Crippen molar-refractivity contribution in [3.05, 3.63) is 20.6 Å². The van der Waals surface area contributed by atoms with Crippen LogP contribution in [0.2, 0.25) is 0 Å². The fraction of sp³-hybridized carbons (Fsp3) is 0.333. The Balaban J connectivity index is 2.17. The zero-order valence-corrected chi connectivity index (χ0v) is 10.7. The first-order valence-corrected chi connectivity index (χ1v) is 6.25. The van der Waals surface area contributed by atoms with Crippen molar-refractivity contribution < 1.29 is 4.79 Å². The number of carbonyl (C=O) groups is 1. The summed E-state index contributed by atoms with van der Waals surface area (Å²) in [6.45, 7) is 5.60. The van der Waals surface area contributed by atoms with E-state index in [1.54, 1.807) is 0 Å². The van der Waals surface area contributed by atoms with E-state index in [0.29, 0.717) is 10.8 Å². The normalized spacial score (nSPS) is 10.4. The van der Waals surface area contributed by atoms with Crippen molar-refractivity contribution >= 4 is 33.7 Å². The van der Waals surface area contributed by atoms with Crippen LogP contribution >= 0.6 is 22.7 Å². The number of hydrogen-bond donors (Lipinski definition) is 1. The summed E-state index contributed by atoms with van der Waals surface area (Å²) < 4.78 is 0. The SMILES string of the molecule is Cc1nnc(NC(=O)c2nc(C)sc2C)s1. The van der Waals surface area contributed by atoms with E-state index < -0.39 is 0 Å². The highest BCUT2D eigenvalue weighted by atomic mass is 32.1. The fourth-order valence-corrected chi connectivity index (χ4v) is 2.64. The molecule has 0 saturated heterocycles. The van der Waals surface area contributed by atoms with Crippen molar-refractivity contribution in [3.63, 3.8) is 0 Å². The molecule has 0 bridgehead atoms. The smallest absolute Gasteiger partial charge is 0.277 e. The van der Waals surface area contributed by atoms with Gasteiger partial charge in [-0.25, -0.2) is 4.98 Å². The van der Waals surface area contributed by atoms with Gasteiger partial charge < -0.3 is 0 Å². The average molecular weight is 254 g/mol. The minimum Gasteiger partial charge on any atom is -0.295 e. The van der Waals surface area contributed by atoms with Crippen molar-refractivity contribution in [3.8, 4) is 0 Å². The van der Waals surface area contributed by atoms with Crippen molar-refractivity contribution in [2.24, 2.45) is 0 Å². The molecule has 5 nitrogen and oxygen atoms in total. The van der Waals surface area contributed by atoms with E-state index in [1.165, 1.54) is 22.7 Å². The number of aryl methyl sites for hydroxylation is 3. The molecule has 2 heterocycles. The summed E-state index contributed by atoms with van der Waals surface area (Å²) in [5.41, 5.74) is 0.468. The number of amides is 1. The van der Waals surface area contributed by atoms with Gasteiger partial charge in [0, 0.05) is 4.88 Å². The average Bonchev–Trinajstić information content (AvgIpc) is 2.73. The summed E-state index contributed by atoms with van der Waals surface area (Å²) in [5.74, 6) is -0.224. The summed E-state index contributed by atoms with van der Waals surface area (Å²) >= 11 is 2.85. The third-order valence-corrected chi connectivity index (χ3v) is 3.51. The third kappa shape index (κ3) is 2.25. The number of anilines is 1. The van der Waals surface area contributed by atoms with E-state index in [2.05, 4.69) is 20.5 Å². The van der Waals surface area contributed by atoms with E-state index in [4.69, 9.17) is 0 Å². The van der Waals surface area contributed by atoms with E-state index in [0.717, 1.165) is 14.9 Å². The van der Waals surface area contributed by atoms with Crippen molar-refractivity contribution in [2.45, 2.75) is 20.8 Å². The Morgan fingerprint density at radius 3 is 2.38 bits per heavy atom. The quantitative estimate of drug-likeness (QED) is 0.891. The summed E-state index contributed by atoms with van der Waals surface area (Å²) in [5, 5.41) is 12.6. The molecule has 0 saturated carbocycles.